The molecule has 0 unspecified atom stereocenters. The van der Waals surface area contributed by atoms with Crippen molar-refractivity contribution in [3.63, 3.8) is 0 Å². The van der Waals surface area contributed by atoms with Crippen molar-refractivity contribution < 1.29 is 23.5 Å². The van der Waals surface area contributed by atoms with Crippen molar-refractivity contribution in [2.24, 2.45) is 0 Å². The first kappa shape index (κ1) is 18.0. The Balaban J connectivity index is 2.24. The lowest BCUT2D eigenvalue weighted by molar-refractivity contribution is -0.385. The van der Waals surface area contributed by atoms with E-state index in [-0.39, 0.29) is 21.5 Å². The first-order valence-electron chi connectivity index (χ1n) is 6.05. The average molecular weight is 393 g/mol. The molecule has 2 rings (SSSR count). The highest BCUT2D eigenvalue weighted by Gasteiger charge is 2.21. The van der Waals surface area contributed by atoms with E-state index in [1.807, 2.05) is 0 Å². The second-order valence-electron chi connectivity index (χ2n) is 4.19. The number of nitrogens with zero attached hydrogens (tertiary/aromatic N) is 2. The Kier molecular flexibility index (Phi) is 5.61. The molecule has 2 aromatic carbocycles. The fraction of sp³-hybridized carbons (Fsp3) is 0. The zero-order valence-electron chi connectivity index (χ0n) is 11.5. The minimum atomic E-state index is -3.37. The number of rotatable bonds is 6. The Bertz CT molecular complexity index is 779. The predicted molar refractivity (Wildman–Crippen MR) is 86.5 cm³/mol. The van der Waals surface area contributed by atoms with Gasteiger partial charge in [0.05, 0.1) is 9.85 Å². The molecule has 0 N–H and O–H groups in total. The number of halogens is 2. The van der Waals surface area contributed by atoms with Crippen LogP contribution in [0.5, 0.6) is 11.5 Å². The molecule has 0 saturated carbocycles. The average Bonchev–Trinajstić information content (AvgIpc) is 2.50. The molecule has 126 valence electrons. The van der Waals surface area contributed by atoms with Crippen LogP contribution in [0.2, 0.25) is 10.0 Å². The number of hydrogen-bond donors (Lipinski definition) is 0. The standard InChI is InChI=1S/C12H7Cl2N2O7P/c13-7-1-3-11(9(5-7)15(17)18)22-24(21)23-12-4-2-8(14)6-10(12)16(19)20/h1-6,24H. The topological polar surface area (TPSA) is 122 Å². The van der Waals surface area contributed by atoms with Crippen LogP contribution in [0.1, 0.15) is 0 Å². The van der Waals surface area contributed by atoms with Crippen molar-refractivity contribution in [1.82, 2.24) is 0 Å². The highest BCUT2D eigenvalue weighted by Crippen LogP contribution is 2.40. The Morgan fingerprint density at radius 3 is 1.54 bits per heavy atom. The summed E-state index contributed by atoms with van der Waals surface area (Å²) in [7, 11) is -3.37. The van der Waals surface area contributed by atoms with Crippen LogP contribution < -0.4 is 9.05 Å². The molecule has 0 bridgehead atoms. The van der Waals surface area contributed by atoms with Crippen LogP contribution in [0.25, 0.3) is 0 Å². The molecule has 0 radical (unpaired) electrons. The van der Waals surface area contributed by atoms with Crippen LogP contribution in [0.15, 0.2) is 36.4 Å². The zero-order chi connectivity index (χ0) is 17.9. The van der Waals surface area contributed by atoms with E-state index in [4.69, 9.17) is 32.2 Å². The largest absolute Gasteiger partial charge is 0.419 e. The summed E-state index contributed by atoms with van der Waals surface area (Å²) < 4.78 is 21.7. The van der Waals surface area contributed by atoms with E-state index in [2.05, 4.69) is 0 Å². The van der Waals surface area contributed by atoms with Gasteiger partial charge in [-0.2, -0.15) is 0 Å². The molecule has 2 aromatic rings. The monoisotopic (exact) mass is 392 g/mol. The molecule has 0 saturated heterocycles. The summed E-state index contributed by atoms with van der Waals surface area (Å²) in [6, 6.07) is 6.90. The van der Waals surface area contributed by atoms with Crippen LogP contribution in [0, 0.1) is 20.2 Å². The van der Waals surface area contributed by atoms with E-state index in [1.165, 1.54) is 12.1 Å². The summed E-state index contributed by atoms with van der Waals surface area (Å²) in [6.07, 6.45) is 0. The summed E-state index contributed by atoms with van der Waals surface area (Å²) in [5.41, 5.74) is -1.04. The van der Waals surface area contributed by atoms with Gasteiger partial charge in [-0.3, -0.25) is 20.2 Å². The molecular weight excluding hydrogens is 386 g/mol. The Morgan fingerprint density at radius 1 is 0.833 bits per heavy atom. The normalized spacial score (nSPS) is 10.5. The third kappa shape index (κ3) is 4.35. The molecule has 0 atom stereocenters. The van der Waals surface area contributed by atoms with E-state index >= 15 is 0 Å². The number of hydrogen-bond acceptors (Lipinski definition) is 7. The Morgan fingerprint density at radius 2 is 1.21 bits per heavy atom. The Hall–Kier alpha value is -2.35. The molecule has 0 fully saturated rings. The van der Waals surface area contributed by atoms with Gasteiger partial charge >= 0.3 is 19.6 Å². The van der Waals surface area contributed by atoms with Gasteiger partial charge in [-0.05, 0) is 24.3 Å². The smallest absolute Gasteiger partial charge is 0.411 e. The second kappa shape index (κ2) is 7.48. The maximum atomic E-state index is 11.9. The fourth-order valence-electron chi connectivity index (χ4n) is 1.64. The van der Waals surface area contributed by atoms with Gasteiger partial charge in [0.15, 0.2) is 0 Å². The van der Waals surface area contributed by atoms with E-state index in [1.54, 1.807) is 0 Å². The van der Waals surface area contributed by atoms with Crippen molar-refractivity contribution in [1.29, 1.82) is 0 Å². The van der Waals surface area contributed by atoms with E-state index < -0.39 is 29.5 Å². The van der Waals surface area contributed by atoms with Crippen LogP contribution in [0.4, 0.5) is 11.4 Å². The second-order valence-corrected chi connectivity index (χ2v) is 5.97. The quantitative estimate of drug-likeness (QED) is 0.397. The van der Waals surface area contributed by atoms with Gasteiger partial charge in [0.1, 0.15) is 0 Å². The van der Waals surface area contributed by atoms with Crippen molar-refractivity contribution in [2.45, 2.75) is 0 Å². The minimum Gasteiger partial charge on any atom is -0.411 e. The maximum absolute atomic E-state index is 11.9. The van der Waals surface area contributed by atoms with Gasteiger partial charge in [-0.25, -0.2) is 4.57 Å². The maximum Gasteiger partial charge on any atom is 0.419 e. The summed E-state index contributed by atoms with van der Waals surface area (Å²) in [6.45, 7) is 0. The molecule has 0 heterocycles. The molecule has 0 aromatic heterocycles. The van der Waals surface area contributed by atoms with Gasteiger partial charge in [-0.15, -0.1) is 0 Å². The zero-order valence-corrected chi connectivity index (χ0v) is 14.0. The van der Waals surface area contributed by atoms with Gasteiger partial charge < -0.3 is 9.05 Å². The molecule has 0 aliphatic heterocycles. The first-order chi connectivity index (χ1) is 11.3. The summed E-state index contributed by atoms with van der Waals surface area (Å²) in [4.78, 5) is 20.3. The minimum absolute atomic E-state index is 0.0861. The van der Waals surface area contributed by atoms with Crippen LogP contribution >= 0.6 is 31.5 Å². The van der Waals surface area contributed by atoms with E-state index in [0.717, 1.165) is 24.3 Å². The van der Waals surface area contributed by atoms with Crippen molar-refractivity contribution >= 4 is 42.8 Å². The molecule has 0 aliphatic rings. The first-order valence-corrected chi connectivity index (χ1v) is 8.03. The third-order valence-electron chi connectivity index (χ3n) is 2.62. The highest BCUT2D eigenvalue weighted by molar-refractivity contribution is 7.34. The lowest BCUT2D eigenvalue weighted by Crippen LogP contribution is -1.97. The summed E-state index contributed by atoms with van der Waals surface area (Å²) in [5, 5.41) is 22.0. The highest BCUT2D eigenvalue weighted by atomic mass is 35.5. The number of nitro benzene ring substituents is 2. The Labute approximate surface area is 145 Å². The predicted octanol–water partition coefficient (Wildman–Crippen LogP) is 4.66. The molecule has 9 nitrogen and oxygen atoms in total. The molecule has 0 amide bonds. The van der Waals surface area contributed by atoms with Crippen LogP contribution in [-0.4, -0.2) is 9.85 Å². The fourth-order valence-corrected chi connectivity index (χ4v) is 2.72. The van der Waals surface area contributed by atoms with Crippen molar-refractivity contribution in [3.8, 4) is 11.5 Å². The van der Waals surface area contributed by atoms with E-state index in [9.17, 15) is 24.8 Å². The van der Waals surface area contributed by atoms with Crippen LogP contribution in [0.3, 0.4) is 0 Å². The SMILES string of the molecule is O=[N+]([O-])c1cc(Cl)ccc1O[PH](=O)Oc1ccc(Cl)cc1[N+](=O)[O-]. The van der Waals surface area contributed by atoms with Gasteiger partial charge in [-0.1, -0.05) is 23.2 Å². The molecule has 24 heavy (non-hydrogen) atoms. The van der Waals surface area contributed by atoms with Crippen molar-refractivity contribution in [2.75, 3.05) is 0 Å². The van der Waals surface area contributed by atoms with Gasteiger partial charge in [0.25, 0.3) is 0 Å². The number of nitro groups is 2. The van der Waals surface area contributed by atoms with E-state index in [0.29, 0.717) is 0 Å². The third-order valence-corrected chi connectivity index (χ3v) is 3.87. The lowest BCUT2D eigenvalue weighted by Gasteiger charge is -2.09. The molecule has 12 heteroatoms. The van der Waals surface area contributed by atoms with Gasteiger partial charge in [0.2, 0.25) is 11.5 Å². The summed E-state index contributed by atoms with van der Waals surface area (Å²) >= 11 is 11.3. The van der Waals surface area contributed by atoms with Crippen molar-refractivity contribution in [3.05, 3.63) is 66.7 Å². The molecule has 0 aliphatic carbocycles. The van der Waals surface area contributed by atoms with Crippen LogP contribution in [-0.2, 0) is 4.57 Å². The lowest BCUT2D eigenvalue weighted by atomic mass is 10.3. The molecule has 0 spiro atoms. The molecular formula is C12H7Cl2N2O7P. The van der Waals surface area contributed by atoms with Gasteiger partial charge in [0, 0.05) is 22.2 Å². The summed E-state index contributed by atoms with van der Waals surface area (Å²) in [5.74, 6) is -0.685. The number of benzene rings is 2.